The zero-order chi connectivity index (χ0) is 27.5. The van der Waals surface area contributed by atoms with Crippen molar-refractivity contribution in [2.75, 3.05) is 71.7 Å². The van der Waals surface area contributed by atoms with Gasteiger partial charge in [-0.25, -0.2) is 0 Å². The Bertz CT molecular complexity index is 988. The Morgan fingerprint density at radius 3 is 2.69 bits per heavy atom. The van der Waals surface area contributed by atoms with E-state index in [4.69, 9.17) is 23.7 Å². The summed E-state index contributed by atoms with van der Waals surface area (Å²) in [5.74, 6) is 1.97. The van der Waals surface area contributed by atoms with Gasteiger partial charge in [0.15, 0.2) is 0 Å². The molecular weight excluding hydrogens is 496 g/mol. The van der Waals surface area contributed by atoms with Gasteiger partial charge in [0.05, 0.1) is 37.7 Å². The fourth-order valence-corrected chi connectivity index (χ4v) is 5.50. The molecule has 2 aliphatic heterocycles. The predicted octanol–water partition coefficient (Wildman–Crippen LogP) is 4.00. The minimum atomic E-state index is -0.0525. The number of aliphatic hydroxyl groups is 1. The lowest BCUT2D eigenvalue weighted by molar-refractivity contribution is -0.0151. The van der Waals surface area contributed by atoms with Crippen molar-refractivity contribution in [3.63, 3.8) is 0 Å². The molecule has 0 spiro atoms. The van der Waals surface area contributed by atoms with E-state index in [-0.39, 0.29) is 30.7 Å². The summed E-state index contributed by atoms with van der Waals surface area (Å²) in [6.45, 7) is 8.12. The summed E-state index contributed by atoms with van der Waals surface area (Å²) in [5.41, 5.74) is 3.41. The minimum absolute atomic E-state index is 0.0525. The van der Waals surface area contributed by atoms with Crippen LogP contribution in [-0.4, -0.2) is 84.1 Å². The van der Waals surface area contributed by atoms with Crippen LogP contribution in [0.1, 0.15) is 43.2 Å². The van der Waals surface area contributed by atoms with Crippen molar-refractivity contribution in [3.05, 3.63) is 53.6 Å². The average molecular weight is 543 g/mol. The second-order valence-corrected chi connectivity index (χ2v) is 10.6. The van der Waals surface area contributed by atoms with Gasteiger partial charge in [-0.15, -0.1) is 0 Å². The highest BCUT2D eigenvalue weighted by Crippen LogP contribution is 2.36. The molecule has 0 saturated carbocycles. The molecule has 2 aromatic rings. The van der Waals surface area contributed by atoms with Gasteiger partial charge >= 0.3 is 0 Å². The number of benzene rings is 2. The Balaban J connectivity index is 1.38. The Morgan fingerprint density at radius 2 is 1.92 bits per heavy atom. The zero-order valence-electron chi connectivity index (χ0n) is 23.8. The Hall–Kier alpha value is -2.36. The predicted molar refractivity (Wildman–Crippen MR) is 153 cm³/mol. The molecule has 216 valence electrons. The average Bonchev–Trinajstić information content (AvgIpc) is 2.98. The van der Waals surface area contributed by atoms with Crippen molar-refractivity contribution < 1.29 is 28.8 Å². The Labute approximate surface area is 233 Å². The van der Waals surface area contributed by atoms with Gasteiger partial charge in [0.25, 0.3) is 0 Å². The maximum atomic E-state index is 10.2. The number of anilines is 1. The lowest BCUT2D eigenvalue weighted by atomic mass is 9.79. The van der Waals surface area contributed by atoms with Crippen LogP contribution < -0.4 is 19.7 Å². The molecule has 0 aliphatic carbocycles. The van der Waals surface area contributed by atoms with E-state index in [1.54, 1.807) is 14.2 Å². The van der Waals surface area contributed by atoms with Crippen LogP contribution in [-0.2, 0) is 20.8 Å². The molecule has 4 atom stereocenters. The molecule has 0 amide bonds. The molecule has 2 aromatic carbocycles. The van der Waals surface area contributed by atoms with Crippen LogP contribution in [0.4, 0.5) is 5.69 Å². The van der Waals surface area contributed by atoms with Gasteiger partial charge in [-0.3, -0.25) is 0 Å². The molecule has 39 heavy (non-hydrogen) atoms. The molecule has 0 radical (unpaired) electrons. The third kappa shape index (κ3) is 8.32. The molecule has 1 unspecified atom stereocenters. The van der Waals surface area contributed by atoms with Crippen LogP contribution in [0.15, 0.2) is 42.5 Å². The fraction of sp³-hybridized carbons (Fsp3) is 0.613. The Morgan fingerprint density at radius 1 is 1.08 bits per heavy atom. The maximum absolute atomic E-state index is 10.2. The van der Waals surface area contributed by atoms with Crippen LogP contribution in [0.25, 0.3) is 0 Å². The number of hydrogen-bond donors (Lipinski definition) is 2. The smallest absolute Gasteiger partial charge is 0.142 e. The number of methoxy groups -OCH3 is 2. The quantitative estimate of drug-likeness (QED) is 0.327. The third-order valence-electron chi connectivity index (χ3n) is 7.81. The number of nitrogens with zero attached hydrogens (tertiary/aromatic N) is 1. The van der Waals surface area contributed by atoms with Crippen LogP contribution in [0.3, 0.4) is 0 Å². The molecule has 1 fully saturated rings. The van der Waals surface area contributed by atoms with Gasteiger partial charge in [0.2, 0.25) is 0 Å². The Kier molecular flexibility index (Phi) is 11.7. The summed E-state index contributed by atoms with van der Waals surface area (Å²) in [7, 11) is 3.48. The van der Waals surface area contributed by atoms with Crippen LogP contribution >= 0.6 is 0 Å². The molecule has 0 aromatic heterocycles. The summed E-state index contributed by atoms with van der Waals surface area (Å²) in [4.78, 5) is 2.37. The highest BCUT2D eigenvalue weighted by Gasteiger charge is 2.35. The van der Waals surface area contributed by atoms with Crippen LogP contribution in [0, 0.1) is 5.92 Å². The van der Waals surface area contributed by atoms with Crippen molar-refractivity contribution in [2.45, 2.75) is 50.9 Å². The van der Waals surface area contributed by atoms with E-state index < -0.39 is 0 Å². The van der Waals surface area contributed by atoms with Crippen LogP contribution in [0.2, 0.25) is 0 Å². The first kappa shape index (κ1) is 29.6. The van der Waals surface area contributed by atoms with E-state index in [0.29, 0.717) is 19.8 Å². The van der Waals surface area contributed by atoms with Crippen molar-refractivity contribution in [3.8, 4) is 11.5 Å². The summed E-state index contributed by atoms with van der Waals surface area (Å²) in [5, 5.41) is 13.6. The highest BCUT2D eigenvalue weighted by molar-refractivity contribution is 5.61. The molecule has 2 N–H and O–H groups in total. The summed E-state index contributed by atoms with van der Waals surface area (Å²) >= 11 is 0. The topological polar surface area (TPSA) is 81.7 Å². The van der Waals surface area contributed by atoms with E-state index in [1.807, 2.05) is 12.1 Å². The van der Waals surface area contributed by atoms with Gasteiger partial charge in [0.1, 0.15) is 18.1 Å². The van der Waals surface area contributed by atoms with Gasteiger partial charge in [-0.1, -0.05) is 18.2 Å². The monoisotopic (exact) mass is 542 g/mol. The molecular formula is C31H46N2O6. The third-order valence-corrected chi connectivity index (χ3v) is 7.81. The number of piperidine rings is 1. The van der Waals surface area contributed by atoms with Gasteiger partial charge < -0.3 is 39.0 Å². The number of aliphatic hydroxyl groups excluding tert-OH is 1. The maximum Gasteiger partial charge on any atom is 0.142 e. The van der Waals surface area contributed by atoms with Crippen molar-refractivity contribution in [2.24, 2.45) is 5.92 Å². The second kappa shape index (κ2) is 15.4. The SMILES string of the molecule is COCCCN1CCOc2ccc(CO[C@H]3CNC[C@@H](CO)[C@@H]3c3ccc(OCCCC(C)OC)cc3)cc21. The molecule has 4 rings (SSSR count). The van der Waals surface area contributed by atoms with Crippen molar-refractivity contribution >= 4 is 5.69 Å². The van der Waals surface area contributed by atoms with E-state index in [1.165, 1.54) is 5.56 Å². The summed E-state index contributed by atoms with van der Waals surface area (Å²) in [6, 6.07) is 14.6. The lowest BCUT2D eigenvalue weighted by Crippen LogP contribution is -2.47. The minimum Gasteiger partial charge on any atom is -0.494 e. The largest absolute Gasteiger partial charge is 0.494 e. The van der Waals surface area contributed by atoms with E-state index in [9.17, 15) is 5.11 Å². The standard InChI is InChI=1S/C31H46N2O6/c1-23(36-3)6-4-16-37-27-10-8-25(9-11-27)31-26(21-34)19-32-20-30(31)39-22-24-7-12-29-28(18-24)33(14-17-38-29)13-5-15-35-2/h7-12,18,23,26,30-32,34H,4-6,13-17,19-22H2,1-3H3/t23?,26-,30-,31-/m0/s1. The first-order chi connectivity index (χ1) is 19.1. The number of nitrogens with one attached hydrogen (secondary N) is 1. The number of ether oxygens (including phenoxy) is 5. The first-order valence-electron chi connectivity index (χ1n) is 14.3. The normalized spacial score (nSPS) is 21.7. The highest BCUT2D eigenvalue weighted by atomic mass is 16.5. The molecule has 0 bridgehead atoms. The number of fused-ring (bicyclic) bond motifs is 1. The van der Waals surface area contributed by atoms with Gasteiger partial charge in [-0.05, 0) is 61.6 Å². The summed E-state index contributed by atoms with van der Waals surface area (Å²) in [6.07, 6.45) is 3.10. The number of rotatable bonds is 15. The van der Waals surface area contributed by atoms with Crippen molar-refractivity contribution in [1.29, 1.82) is 0 Å². The molecule has 8 nitrogen and oxygen atoms in total. The lowest BCUT2D eigenvalue weighted by Gasteiger charge is -2.38. The van der Waals surface area contributed by atoms with Crippen LogP contribution in [0.5, 0.6) is 11.5 Å². The van der Waals surface area contributed by atoms with E-state index >= 15 is 0 Å². The first-order valence-corrected chi connectivity index (χ1v) is 14.3. The summed E-state index contributed by atoms with van der Waals surface area (Å²) < 4.78 is 28.9. The van der Waals surface area contributed by atoms with Gasteiger partial charge in [-0.2, -0.15) is 0 Å². The molecule has 2 heterocycles. The molecule has 2 aliphatic rings. The zero-order valence-corrected chi connectivity index (χ0v) is 23.8. The van der Waals surface area contributed by atoms with Gasteiger partial charge in [0, 0.05) is 58.9 Å². The number of hydrogen-bond acceptors (Lipinski definition) is 8. The second-order valence-electron chi connectivity index (χ2n) is 10.6. The van der Waals surface area contributed by atoms with E-state index in [0.717, 1.165) is 74.8 Å². The van der Waals surface area contributed by atoms with E-state index in [2.05, 4.69) is 47.5 Å². The molecule has 8 heteroatoms. The molecule has 1 saturated heterocycles. The van der Waals surface area contributed by atoms with Crippen molar-refractivity contribution in [1.82, 2.24) is 5.32 Å². The fourth-order valence-electron chi connectivity index (χ4n) is 5.50.